The summed E-state index contributed by atoms with van der Waals surface area (Å²) in [6.07, 6.45) is 0.506. The fraction of sp³-hybridized carbons (Fsp3) is 0.385. The number of benzene rings is 1. The molecule has 1 aromatic rings. The lowest BCUT2D eigenvalue weighted by Crippen LogP contribution is -2.40. The number of hydrogen-bond donors (Lipinski definition) is 1. The predicted molar refractivity (Wildman–Crippen MR) is 79.0 cm³/mol. The van der Waals surface area contributed by atoms with Gasteiger partial charge in [-0.1, -0.05) is 0 Å². The number of nitro groups is 1. The van der Waals surface area contributed by atoms with E-state index in [2.05, 4.69) is 4.74 Å². The zero-order chi connectivity index (χ0) is 18.1. The first-order chi connectivity index (χ1) is 11.2. The Labute approximate surface area is 136 Å². The lowest BCUT2D eigenvalue weighted by atomic mass is 10.2. The van der Waals surface area contributed by atoms with Gasteiger partial charge >= 0.3 is 11.9 Å². The van der Waals surface area contributed by atoms with Crippen LogP contribution in [0.5, 0.6) is 0 Å². The van der Waals surface area contributed by atoms with Gasteiger partial charge in [-0.25, -0.2) is 13.2 Å². The van der Waals surface area contributed by atoms with Crippen LogP contribution in [-0.2, 0) is 19.6 Å². The smallest absolute Gasteiger partial charge is 0.339 e. The van der Waals surface area contributed by atoms with Crippen LogP contribution in [0.1, 0.15) is 23.2 Å². The van der Waals surface area contributed by atoms with Crippen LogP contribution in [0.25, 0.3) is 0 Å². The molecule has 0 radical (unpaired) electrons. The summed E-state index contributed by atoms with van der Waals surface area (Å²) in [6, 6.07) is 1.41. The van der Waals surface area contributed by atoms with Gasteiger partial charge in [0.05, 0.1) is 22.5 Å². The molecule has 10 nitrogen and oxygen atoms in total. The molecule has 0 aliphatic carbocycles. The largest absolute Gasteiger partial charge is 0.480 e. The summed E-state index contributed by atoms with van der Waals surface area (Å²) in [7, 11) is -3.32. The van der Waals surface area contributed by atoms with Gasteiger partial charge in [-0.3, -0.25) is 14.9 Å². The highest BCUT2D eigenvalue weighted by Crippen LogP contribution is 2.30. The second-order valence-electron chi connectivity index (χ2n) is 5.04. The van der Waals surface area contributed by atoms with E-state index >= 15 is 0 Å². The number of carboxylic acids is 1. The van der Waals surface area contributed by atoms with E-state index in [1.807, 2.05) is 0 Å². The third-order valence-corrected chi connectivity index (χ3v) is 5.62. The third kappa shape index (κ3) is 3.08. The number of sulfonamides is 1. The first kappa shape index (κ1) is 17.8. The van der Waals surface area contributed by atoms with Gasteiger partial charge in [-0.15, -0.1) is 0 Å². The van der Waals surface area contributed by atoms with Crippen molar-refractivity contribution in [2.45, 2.75) is 23.8 Å². The summed E-state index contributed by atoms with van der Waals surface area (Å²) in [4.78, 5) is 32.6. The molecule has 0 spiro atoms. The Bertz CT molecular complexity index is 804. The number of carboxylic acid groups (broad SMARTS) is 1. The van der Waals surface area contributed by atoms with Crippen LogP contribution >= 0.6 is 0 Å². The molecule has 2 rings (SSSR count). The van der Waals surface area contributed by atoms with Gasteiger partial charge in [0.2, 0.25) is 10.0 Å². The number of nitrogens with zero attached hydrogens (tertiary/aromatic N) is 2. The summed E-state index contributed by atoms with van der Waals surface area (Å²) in [5.74, 6) is -2.36. The molecule has 11 heteroatoms. The highest BCUT2D eigenvalue weighted by molar-refractivity contribution is 7.89. The van der Waals surface area contributed by atoms with E-state index in [1.165, 1.54) is 0 Å². The fourth-order valence-corrected chi connectivity index (χ4v) is 4.34. The van der Waals surface area contributed by atoms with Gasteiger partial charge in [0.25, 0.3) is 5.69 Å². The minimum absolute atomic E-state index is 0.0170. The molecule has 1 N–H and O–H groups in total. The molecule has 1 aromatic carbocycles. The second-order valence-corrected chi connectivity index (χ2v) is 6.90. The average Bonchev–Trinajstić information content (AvgIpc) is 3.04. The molecule has 0 unspecified atom stereocenters. The van der Waals surface area contributed by atoms with E-state index in [0.717, 1.165) is 29.6 Å². The summed E-state index contributed by atoms with van der Waals surface area (Å²) in [5, 5.41) is 20.0. The van der Waals surface area contributed by atoms with Gasteiger partial charge in [-0.2, -0.15) is 4.31 Å². The summed E-state index contributed by atoms with van der Waals surface area (Å²) < 4.78 is 30.8. The number of methoxy groups -OCH3 is 1. The number of non-ortho nitro benzene ring substituents is 1. The zero-order valence-electron chi connectivity index (χ0n) is 12.5. The fourth-order valence-electron chi connectivity index (χ4n) is 2.53. The molecule has 1 saturated heterocycles. The number of rotatable bonds is 5. The Balaban J connectivity index is 2.59. The molecular formula is C13H14N2O8S. The van der Waals surface area contributed by atoms with Crippen molar-refractivity contribution in [2.24, 2.45) is 0 Å². The molecule has 1 fully saturated rings. The average molecular weight is 358 g/mol. The molecule has 1 aliphatic heterocycles. The lowest BCUT2D eigenvalue weighted by molar-refractivity contribution is -0.384. The molecule has 1 heterocycles. The van der Waals surface area contributed by atoms with Crippen LogP contribution in [0.3, 0.4) is 0 Å². The van der Waals surface area contributed by atoms with Crippen LogP contribution in [0.15, 0.2) is 23.1 Å². The first-order valence-corrected chi connectivity index (χ1v) is 8.25. The van der Waals surface area contributed by atoms with Crippen molar-refractivity contribution < 1.29 is 32.8 Å². The van der Waals surface area contributed by atoms with E-state index in [-0.39, 0.29) is 13.0 Å². The van der Waals surface area contributed by atoms with Crippen molar-refractivity contribution >= 4 is 27.6 Å². The number of aliphatic carboxylic acids is 1. The molecule has 1 atom stereocenters. The lowest BCUT2D eigenvalue weighted by Gasteiger charge is -2.22. The predicted octanol–water partition coefficient (Wildman–Crippen LogP) is 0.619. The maximum atomic E-state index is 12.8. The molecule has 1 aliphatic rings. The Morgan fingerprint density at radius 3 is 2.62 bits per heavy atom. The zero-order valence-corrected chi connectivity index (χ0v) is 13.4. The van der Waals surface area contributed by atoms with E-state index in [4.69, 9.17) is 5.11 Å². The Morgan fingerprint density at radius 2 is 2.08 bits per heavy atom. The van der Waals surface area contributed by atoms with E-state index in [0.29, 0.717) is 6.42 Å². The number of carbonyl (C=O) groups excluding carboxylic acids is 1. The van der Waals surface area contributed by atoms with Crippen molar-refractivity contribution in [3.05, 3.63) is 33.9 Å². The third-order valence-electron chi connectivity index (χ3n) is 3.65. The minimum Gasteiger partial charge on any atom is -0.480 e. The van der Waals surface area contributed by atoms with Crippen LogP contribution < -0.4 is 0 Å². The first-order valence-electron chi connectivity index (χ1n) is 6.81. The summed E-state index contributed by atoms with van der Waals surface area (Å²) in [5.41, 5.74) is -0.992. The normalized spacial score (nSPS) is 18.3. The minimum atomic E-state index is -4.33. The van der Waals surface area contributed by atoms with Crippen molar-refractivity contribution in [2.75, 3.05) is 13.7 Å². The van der Waals surface area contributed by atoms with Crippen molar-refractivity contribution in [3.8, 4) is 0 Å². The van der Waals surface area contributed by atoms with Gasteiger partial charge in [0, 0.05) is 18.7 Å². The standard InChI is InChI=1S/C13H14N2O8S/c1-23-13(18)9-7-8(15(19)20)4-5-11(9)24(21,22)14-6-2-3-10(14)12(16)17/h4-5,7,10H,2-3,6H2,1H3,(H,16,17)/t10-/m1/s1. The van der Waals surface area contributed by atoms with Gasteiger partial charge < -0.3 is 9.84 Å². The molecule has 24 heavy (non-hydrogen) atoms. The SMILES string of the molecule is COC(=O)c1cc([N+](=O)[O-])ccc1S(=O)(=O)N1CCC[C@@H]1C(=O)O. The summed E-state index contributed by atoms with van der Waals surface area (Å²) >= 11 is 0. The second kappa shape index (κ2) is 6.53. The maximum absolute atomic E-state index is 12.8. The van der Waals surface area contributed by atoms with Crippen LogP contribution in [0.2, 0.25) is 0 Å². The van der Waals surface area contributed by atoms with Crippen LogP contribution in [-0.4, -0.2) is 54.4 Å². The highest BCUT2D eigenvalue weighted by atomic mass is 32.2. The number of hydrogen-bond acceptors (Lipinski definition) is 7. The Morgan fingerprint density at radius 1 is 1.42 bits per heavy atom. The van der Waals surface area contributed by atoms with Gasteiger partial charge in [0.1, 0.15) is 6.04 Å². The topological polar surface area (TPSA) is 144 Å². The van der Waals surface area contributed by atoms with Crippen molar-refractivity contribution in [1.82, 2.24) is 4.31 Å². The van der Waals surface area contributed by atoms with Gasteiger partial charge in [-0.05, 0) is 18.9 Å². The Hall–Kier alpha value is -2.53. The van der Waals surface area contributed by atoms with Crippen molar-refractivity contribution in [1.29, 1.82) is 0 Å². The van der Waals surface area contributed by atoms with E-state index in [9.17, 15) is 28.1 Å². The number of nitro benzene ring substituents is 1. The van der Waals surface area contributed by atoms with Crippen molar-refractivity contribution in [3.63, 3.8) is 0 Å². The van der Waals surface area contributed by atoms with Gasteiger partial charge in [0.15, 0.2) is 0 Å². The molecule has 0 saturated carbocycles. The quantitative estimate of drug-likeness (QED) is 0.458. The van der Waals surface area contributed by atoms with E-state index < -0.39 is 49.1 Å². The molecule has 0 amide bonds. The molecule has 130 valence electrons. The molecular weight excluding hydrogens is 344 g/mol. The summed E-state index contributed by atoms with van der Waals surface area (Å²) in [6.45, 7) is -0.0170. The van der Waals surface area contributed by atoms with Crippen LogP contribution in [0, 0.1) is 10.1 Å². The monoisotopic (exact) mass is 358 g/mol. The Kier molecular flexibility index (Phi) is 4.85. The number of esters is 1. The van der Waals surface area contributed by atoms with Crippen LogP contribution in [0.4, 0.5) is 5.69 Å². The van der Waals surface area contributed by atoms with E-state index in [1.54, 1.807) is 0 Å². The number of carbonyl (C=O) groups is 2. The molecule has 0 bridgehead atoms. The maximum Gasteiger partial charge on any atom is 0.339 e. The molecule has 0 aromatic heterocycles. The number of ether oxygens (including phenoxy) is 1. The highest BCUT2D eigenvalue weighted by Gasteiger charge is 2.41.